The first-order valence-electron chi connectivity index (χ1n) is 22.8. The molecule has 0 unspecified atom stereocenters. The van der Waals surface area contributed by atoms with Crippen LogP contribution in [0.15, 0.2) is 36.4 Å². The van der Waals surface area contributed by atoms with E-state index in [1.165, 1.54) is 30.6 Å². The summed E-state index contributed by atoms with van der Waals surface area (Å²) in [6, 6.07) is 6.28. The Labute approximate surface area is 370 Å². The van der Waals surface area contributed by atoms with Gasteiger partial charge in [-0.15, -0.1) is 5.92 Å². The number of esters is 1. The van der Waals surface area contributed by atoms with Crippen LogP contribution in [0, 0.1) is 17.8 Å². The number of benzene rings is 1. The van der Waals surface area contributed by atoms with E-state index in [2.05, 4.69) is 57.9 Å². The van der Waals surface area contributed by atoms with Crippen molar-refractivity contribution in [1.82, 2.24) is 10.2 Å². The molecule has 2 rings (SSSR count). The summed E-state index contributed by atoms with van der Waals surface area (Å²) in [6.45, 7) is 21.3. The average Bonchev–Trinajstić information content (AvgIpc) is 3.64. The van der Waals surface area contributed by atoms with Gasteiger partial charge in [-0.25, -0.2) is 4.79 Å². The lowest BCUT2D eigenvalue weighted by Gasteiger charge is -2.39. The van der Waals surface area contributed by atoms with Gasteiger partial charge in [0, 0.05) is 46.4 Å². The SMILES string of the molecule is CC#CCOc1ccc(C[C@H](NC(=O)[C@@H](/C=C/CCCCCCC2(CCCCCCC)OCCO2)[C@@](O)(CCO[Si](C)(C)C(C)(C)C)C(=O)OC(C)(C)C)C(=O)N(C)C)cc1. The molecule has 0 aliphatic carbocycles. The molecule has 1 aliphatic heterocycles. The van der Waals surface area contributed by atoms with Crippen LogP contribution in [0.3, 0.4) is 0 Å². The van der Waals surface area contributed by atoms with Crippen LogP contribution in [-0.2, 0) is 39.4 Å². The number of amides is 2. The van der Waals surface area contributed by atoms with E-state index in [-0.39, 0.29) is 37.0 Å². The van der Waals surface area contributed by atoms with Gasteiger partial charge in [0.15, 0.2) is 19.7 Å². The molecule has 2 N–H and O–H groups in total. The number of nitrogens with zero attached hydrogens (tertiary/aromatic N) is 1. The van der Waals surface area contributed by atoms with E-state index in [4.69, 9.17) is 23.4 Å². The molecule has 0 radical (unpaired) electrons. The highest BCUT2D eigenvalue weighted by Gasteiger charge is 2.50. The smallest absolute Gasteiger partial charge is 0.339 e. The lowest BCUT2D eigenvalue weighted by atomic mass is 9.82. The maximum Gasteiger partial charge on any atom is 0.339 e. The van der Waals surface area contributed by atoms with Crippen LogP contribution in [0.1, 0.15) is 144 Å². The van der Waals surface area contributed by atoms with Crippen LogP contribution in [0.25, 0.3) is 0 Å². The molecular formula is C49H82N2O9Si. The highest BCUT2D eigenvalue weighted by atomic mass is 28.4. The summed E-state index contributed by atoms with van der Waals surface area (Å²) < 4.78 is 30.2. The number of hydrogen-bond acceptors (Lipinski definition) is 9. The Morgan fingerprint density at radius 2 is 1.52 bits per heavy atom. The number of aliphatic hydroxyl groups is 1. The van der Waals surface area contributed by atoms with Crippen LogP contribution in [-0.4, -0.2) is 99.7 Å². The van der Waals surface area contributed by atoms with Gasteiger partial charge in [-0.2, -0.15) is 0 Å². The van der Waals surface area contributed by atoms with Gasteiger partial charge in [0.2, 0.25) is 11.8 Å². The maximum atomic E-state index is 14.6. The molecule has 346 valence electrons. The Balaban J connectivity index is 2.35. The molecule has 11 nitrogen and oxygen atoms in total. The van der Waals surface area contributed by atoms with E-state index in [0.717, 1.165) is 50.5 Å². The summed E-state index contributed by atoms with van der Waals surface area (Å²) in [5.74, 6) is 2.55. The molecule has 12 heteroatoms. The Kier molecular flexibility index (Phi) is 22.8. The number of allylic oxidation sites excluding steroid dienone is 1. The molecule has 3 atom stereocenters. The van der Waals surface area contributed by atoms with E-state index in [1.54, 1.807) is 60.0 Å². The second kappa shape index (κ2) is 25.8. The number of carbonyl (C=O) groups excluding carboxylic acids is 3. The van der Waals surface area contributed by atoms with Crippen LogP contribution >= 0.6 is 0 Å². The fourth-order valence-corrected chi connectivity index (χ4v) is 8.01. The fraction of sp³-hybridized carbons (Fsp3) is 0.735. The minimum absolute atomic E-state index is 0.0375. The zero-order valence-corrected chi connectivity index (χ0v) is 41.0. The first kappa shape index (κ1) is 53.9. The minimum Gasteiger partial charge on any atom is -0.481 e. The van der Waals surface area contributed by atoms with Crippen LogP contribution in [0.4, 0.5) is 0 Å². The third kappa shape index (κ3) is 19.0. The van der Waals surface area contributed by atoms with Crippen molar-refractivity contribution in [2.75, 3.05) is 40.5 Å². The van der Waals surface area contributed by atoms with Gasteiger partial charge in [-0.05, 0) is 89.2 Å². The van der Waals surface area contributed by atoms with Gasteiger partial charge in [0.05, 0.1) is 19.1 Å². The number of ether oxygens (including phenoxy) is 4. The van der Waals surface area contributed by atoms with Gasteiger partial charge in [-0.3, -0.25) is 9.59 Å². The van der Waals surface area contributed by atoms with E-state index in [1.807, 2.05) is 18.2 Å². The average molecular weight is 871 g/mol. The molecular weight excluding hydrogens is 789 g/mol. The molecule has 1 heterocycles. The van der Waals surface area contributed by atoms with Crippen molar-refractivity contribution in [1.29, 1.82) is 0 Å². The summed E-state index contributed by atoms with van der Waals surface area (Å²) >= 11 is 0. The first-order valence-corrected chi connectivity index (χ1v) is 25.7. The molecule has 1 saturated heterocycles. The van der Waals surface area contributed by atoms with Crippen molar-refractivity contribution >= 4 is 26.1 Å². The van der Waals surface area contributed by atoms with E-state index >= 15 is 0 Å². The highest BCUT2D eigenvalue weighted by Crippen LogP contribution is 2.38. The second-order valence-electron chi connectivity index (χ2n) is 19.3. The fourth-order valence-electron chi connectivity index (χ4n) is 6.97. The molecule has 0 spiro atoms. The summed E-state index contributed by atoms with van der Waals surface area (Å²) in [6.07, 6.45) is 15.7. The van der Waals surface area contributed by atoms with Crippen LogP contribution < -0.4 is 10.1 Å². The van der Waals surface area contributed by atoms with Gasteiger partial charge >= 0.3 is 5.97 Å². The predicted octanol–water partition coefficient (Wildman–Crippen LogP) is 9.31. The molecule has 61 heavy (non-hydrogen) atoms. The second-order valence-corrected chi connectivity index (χ2v) is 24.1. The first-order chi connectivity index (χ1) is 28.6. The number of rotatable bonds is 27. The van der Waals surface area contributed by atoms with Gasteiger partial charge in [0.25, 0.3) is 0 Å². The Hall–Kier alpha value is -3.21. The minimum atomic E-state index is -2.30. The van der Waals surface area contributed by atoms with Crippen molar-refractivity contribution in [3.8, 4) is 17.6 Å². The predicted molar refractivity (Wildman–Crippen MR) is 247 cm³/mol. The van der Waals surface area contributed by atoms with Crippen molar-refractivity contribution < 1.29 is 42.9 Å². The monoisotopic (exact) mass is 871 g/mol. The molecule has 1 fully saturated rings. The van der Waals surface area contributed by atoms with Crippen LogP contribution in [0.2, 0.25) is 18.1 Å². The van der Waals surface area contributed by atoms with Crippen LogP contribution in [0.5, 0.6) is 5.75 Å². The normalized spacial score (nSPS) is 16.3. The summed E-state index contributed by atoms with van der Waals surface area (Å²) in [5.41, 5.74) is -2.45. The standard InChI is InChI=1S/C49H82N2O9Si/c1-13-15-17-21-24-31-48(57-36-37-58-48)32-25-22-19-18-20-23-26-41(49(55,45(54)60-46(3,4)5)33-35-59-61(11,12)47(6,7)8)43(52)50-42(44(53)51(9)10)38-39-27-29-40(30-28-39)56-34-16-14-2/h23,26-30,41-42,55H,13,15,17-22,24-25,31-38H2,1-12H3,(H,50,52)/b26-23+/t41-,42+,49+/m1/s1. The van der Waals surface area contributed by atoms with E-state index in [0.29, 0.717) is 25.4 Å². The summed E-state index contributed by atoms with van der Waals surface area (Å²) in [7, 11) is 0.959. The number of nitrogens with one attached hydrogen (secondary N) is 1. The van der Waals surface area contributed by atoms with Crippen molar-refractivity contribution in [2.24, 2.45) is 5.92 Å². The zero-order chi connectivity index (χ0) is 45.7. The van der Waals surface area contributed by atoms with Crippen molar-refractivity contribution in [3.63, 3.8) is 0 Å². The van der Waals surface area contributed by atoms with Crippen molar-refractivity contribution in [3.05, 3.63) is 42.0 Å². The Morgan fingerprint density at radius 1 is 0.934 bits per heavy atom. The summed E-state index contributed by atoms with van der Waals surface area (Å²) in [4.78, 5) is 43.8. The van der Waals surface area contributed by atoms with Gasteiger partial charge in [-0.1, -0.05) is 96.4 Å². The number of carbonyl (C=O) groups is 3. The van der Waals surface area contributed by atoms with E-state index < -0.39 is 49.1 Å². The molecule has 0 bridgehead atoms. The lowest BCUT2D eigenvalue weighted by Crippen LogP contribution is -2.57. The molecule has 1 aromatic carbocycles. The number of unbranched alkanes of at least 4 members (excludes halogenated alkanes) is 8. The number of hydrogen-bond donors (Lipinski definition) is 2. The molecule has 1 aliphatic rings. The quantitative estimate of drug-likeness (QED) is 0.0292. The third-order valence-corrected chi connectivity index (χ3v) is 16.2. The number of likely N-dealkylation sites (N-methyl/N-ethyl adjacent to an activating group) is 1. The third-order valence-electron chi connectivity index (χ3n) is 11.7. The zero-order valence-electron chi connectivity index (χ0n) is 40.0. The van der Waals surface area contributed by atoms with Crippen molar-refractivity contribution in [2.45, 2.75) is 186 Å². The molecule has 2 amide bonds. The maximum absolute atomic E-state index is 14.6. The largest absolute Gasteiger partial charge is 0.481 e. The van der Waals surface area contributed by atoms with E-state index in [9.17, 15) is 19.5 Å². The van der Waals surface area contributed by atoms with Gasteiger partial charge < -0.3 is 38.7 Å². The van der Waals surface area contributed by atoms with Gasteiger partial charge in [0.1, 0.15) is 24.0 Å². The molecule has 0 saturated carbocycles. The Morgan fingerprint density at radius 3 is 2.07 bits per heavy atom. The summed E-state index contributed by atoms with van der Waals surface area (Å²) in [5, 5.41) is 15.4. The lowest BCUT2D eigenvalue weighted by molar-refractivity contribution is -0.185. The Bertz CT molecular complexity index is 1560. The highest BCUT2D eigenvalue weighted by molar-refractivity contribution is 6.74. The molecule has 0 aromatic heterocycles. The topological polar surface area (TPSA) is 133 Å². The molecule has 1 aromatic rings.